The average Bonchev–Trinajstić information content (AvgIpc) is 3.04. The number of piperidine rings is 1. The Morgan fingerprint density at radius 1 is 1.14 bits per heavy atom. The summed E-state index contributed by atoms with van der Waals surface area (Å²) in [6.07, 6.45) is 5.32. The third kappa shape index (κ3) is 5.47. The van der Waals surface area contributed by atoms with Gasteiger partial charge in [-0.2, -0.15) is 0 Å². The molecule has 4 rings (SSSR count). The molecule has 2 aliphatic heterocycles. The number of aromatic nitrogens is 1. The van der Waals surface area contributed by atoms with Crippen LogP contribution in [0.2, 0.25) is 0 Å². The number of rotatable bonds is 7. The molecular weight excluding hydrogens is 511 g/mol. The summed E-state index contributed by atoms with van der Waals surface area (Å²) in [5.74, 6) is -0.572. The lowest BCUT2D eigenvalue weighted by Crippen LogP contribution is -2.55. The standard InChI is InChI=1S/C23H29FN4O6S2/c1-23(2,34-19-8-4-14(24)10-20(19)35(3,30)31)22(29)27-15-11-16-5-6-17(12-15)28(16)21-9-7-18(13-26-21)36(25,32)33/h4,7-10,13,15-17H,5-6,11-12H2,1-3H3,(H,27,29)(H2,25,32,33)/t15-,16+,17-. The third-order valence-electron chi connectivity index (χ3n) is 6.60. The molecule has 1 aromatic heterocycles. The minimum absolute atomic E-state index is 0.0526. The molecule has 196 valence electrons. The van der Waals surface area contributed by atoms with E-state index in [1.54, 1.807) is 6.07 Å². The fraction of sp³-hybridized carbons (Fsp3) is 0.478. The highest BCUT2D eigenvalue weighted by Crippen LogP contribution is 2.39. The lowest BCUT2D eigenvalue weighted by Gasteiger charge is -2.40. The summed E-state index contributed by atoms with van der Waals surface area (Å²) in [4.78, 5) is 19.2. The first-order chi connectivity index (χ1) is 16.6. The molecule has 10 nitrogen and oxygen atoms in total. The highest BCUT2D eigenvalue weighted by Gasteiger charge is 2.43. The van der Waals surface area contributed by atoms with Crippen molar-refractivity contribution in [2.45, 2.75) is 73.0 Å². The number of nitrogens with one attached hydrogen (secondary N) is 1. The number of benzene rings is 1. The summed E-state index contributed by atoms with van der Waals surface area (Å²) in [5.41, 5.74) is -1.42. The van der Waals surface area contributed by atoms with Gasteiger partial charge in [-0.1, -0.05) is 0 Å². The largest absolute Gasteiger partial charge is 0.477 e. The highest BCUT2D eigenvalue weighted by molar-refractivity contribution is 7.90. The van der Waals surface area contributed by atoms with Crippen LogP contribution in [0.3, 0.4) is 0 Å². The average molecular weight is 541 g/mol. The Morgan fingerprint density at radius 3 is 2.31 bits per heavy atom. The van der Waals surface area contributed by atoms with Gasteiger partial charge in [0.2, 0.25) is 10.0 Å². The van der Waals surface area contributed by atoms with Crippen molar-refractivity contribution < 1.29 is 30.8 Å². The smallest absolute Gasteiger partial charge is 0.263 e. The molecule has 2 aromatic rings. The minimum atomic E-state index is -3.83. The van der Waals surface area contributed by atoms with Crippen molar-refractivity contribution in [3.8, 4) is 5.75 Å². The molecule has 2 bridgehead atoms. The molecule has 0 aliphatic carbocycles. The first kappa shape index (κ1) is 26.3. The molecule has 13 heteroatoms. The maximum absolute atomic E-state index is 13.6. The fourth-order valence-electron chi connectivity index (χ4n) is 4.90. The van der Waals surface area contributed by atoms with Crippen molar-refractivity contribution in [3.05, 3.63) is 42.3 Å². The molecule has 1 amide bonds. The lowest BCUT2D eigenvalue weighted by atomic mass is 9.96. The van der Waals surface area contributed by atoms with Gasteiger partial charge in [-0.05, 0) is 69.9 Å². The van der Waals surface area contributed by atoms with Crippen molar-refractivity contribution >= 4 is 31.6 Å². The second kappa shape index (κ2) is 9.27. The van der Waals surface area contributed by atoms with Gasteiger partial charge >= 0.3 is 0 Å². The molecule has 36 heavy (non-hydrogen) atoms. The molecule has 3 heterocycles. The summed E-state index contributed by atoms with van der Waals surface area (Å²) in [6.45, 7) is 3.05. The normalized spacial score (nSPS) is 22.4. The number of primary sulfonamides is 1. The quantitative estimate of drug-likeness (QED) is 0.540. The Kier molecular flexibility index (Phi) is 6.77. The number of pyridine rings is 1. The first-order valence-corrected chi connectivity index (χ1v) is 14.9. The summed E-state index contributed by atoms with van der Waals surface area (Å²) in [7, 11) is -7.61. The number of fused-ring (bicyclic) bond motifs is 2. The number of nitrogens with zero attached hydrogens (tertiary/aromatic N) is 2. The van der Waals surface area contributed by atoms with Crippen LogP contribution in [-0.4, -0.2) is 57.7 Å². The zero-order valence-corrected chi connectivity index (χ0v) is 21.8. The van der Waals surface area contributed by atoms with E-state index >= 15 is 0 Å². The zero-order valence-electron chi connectivity index (χ0n) is 20.1. The molecular formula is C23H29FN4O6S2. The maximum Gasteiger partial charge on any atom is 0.263 e. The van der Waals surface area contributed by atoms with Crippen LogP contribution in [0.1, 0.15) is 39.5 Å². The molecule has 1 aromatic carbocycles. The van der Waals surface area contributed by atoms with Gasteiger partial charge in [-0.25, -0.2) is 31.3 Å². The number of halogens is 1. The fourth-order valence-corrected chi connectivity index (χ4v) is 6.16. The number of amides is 1. The van der Waals surface area contributed by atoms with Crippen molar-refractivity contribution in [3.63, 3.8) is 0 Å². The molecule has 2 saturated heterocycles. The number of sulfonamides is 1. The van der Waals surface area contributed by atoms with Crippen LogP contribution in [0.25, 0.3) is 0 Å². The van der Waals surface area contributed by atoms with Crippen LogP contribution in [-0.2, 0) is 24.7 Å². The van der Waals surface area contributed by atoms with E-state index in [0.29, 0.717) is 18.7 Å². The zero-order chi connectivity index (χ0) is 26.5. The summed E-state index contributed by atoms with van der Waals surface area (Å²) in [5, 5.41) is 8.18. The first-order valence-electron chi connectivity index (χ1n) is 11.4. The Hall–Kier alpha value is -2.77. The van der Waals surface area contributed by atoms with Gasteiger partial charge in [0, 0.05) is 30.6 Å². The number of carbonyl (C=O) groups excluding carboxylic acids is 1. The van der Waals surface area contributed by atoms with E-state index in [9.17, 15) is 26.0 Å². The van der Waals surface area contributed by atoms with Crippen molar-refractivity contribution in [2.75, 3.05) is 11.2 Å². The van der Waals surface area contributed by atoms with Gasteiger partial charge in [0.25, 0.3) is 5.91 Å². The van der Waals surface area contributed by atoms with Crippen LogP contribution in [0.4, 0.5) is 10.2 Å². The number of nitrogens with two attached hydrogens (primary N) is 1. The summed E-state index contributed by atoms with van der Waals surface area (Å²) >= 11 is 0. The molecule has 2 fully saturated rings. The van der Waals surface area contributed by atoms with Gasteiger partial charge in [0.05, 0.1) is 0 Å². The van der Waals surface area contributed by atoms with E-state index in [-0.39, 0.29) is 33.7 Å². The Labute approximate surface area is 210 Å². The van der Waals surface area contributed by atoms with E-state index in [2.05, 4.69) is 15.2 Å². The minimum Gasteiger partial charge on any atom is -0.477 e. The number of hydrogen-bond acceptors (Lipinski definition) is 8. The van der Waals surface area contributed by atoms with Crippen LogP contribution >= 0.6 is 0 Å². The predicted molar refractivity (Wildman–Crippen MR) is 130 cm³/mol. The summed E-state index contributed by atoms with van der Waals surface area (Å²) < 4.78 is 66.6. The van der Waals surface area contributed by atoms with Crippen molar-refractivity contribution in [2.24, 2.45) is 5.14 Å². The second-order valence-electron chi connectivity index (χ2n) is 9.81. The molecule has 0 unspecified atom stereocenters. The van der Waals surface area contributed by atoms with Crippen LogP contribution in [0.15, 0.2) is 46.3 Å². The Bertz CT molecular complexity index is 1370. The molecule has 0 saturated carbocycles. The van der Waals surface area contributed by atoms with Gasteiger partial charge in [0.1, 0.15) is 27.2 Å². The van der Waals surface area contributed by atoms with Crippen molar-refractivity contribution in [1.82, 2.24) is 10.3 Å². The topological polar surface area (TPSA) is 149 Å². The molecule has 3 atom stereocenters. The monoisotopic (exact) mass is 540 g/mol. The van der Waals surface area contributed by atoms with E-state index in [1.807, 2.05) is 0 Å². The number of anilines is 1. The van der Waals surface area contributed by atoms with Gasteiger partial charge in [-0.3, -0.25) is 4.79 Å². The predicted octanol–water partition coefficient (Wildman–Crippen LogP) is 1.75. The van der Waals surface area contributed by atoms with Gasteiger partial charge in [0.15, 0.2) is 15.4 Å². The third-order valence-corrected chi connectivity index (χ3v) is 8.62. The highest BCUT2D eigenvalue weighted by atomic mass is 32.2. The number of hydrogen-bond donors (Lipinski definition) is 2. The Balaban J connectivity index is 1.44. The second-order valence-corrected chi connectivity index (χ2v) is 13.4. The SMILES string of the molecule is CC(C)(Oc1ccc(F)cc1S(C)(=O)=O)C(=O)N[C@H]1C[C@H]2CC[C@@H](C1)N2c1ccc(S(N)(=O)=O)cn1. The van der Waals surface area contributed by atoms with Gasteiger partial charge < -0.3 is 15.0 Å². The van der Waals surface area contributed by atoms with E-state index in [4.69, 9.17) is 9.88 Å². The van der Waals surface area contributed by atoms with Gasteiger partial charge in [-0.15, -0.1) is 0 Å². The van der Waals surface area contributed by atoms with Crippen LogP contribution < -0.4 is 20.1 Å². The summed E-state index contributed by atoms with van der Waals surface area (Å²) in [6, 6.07) is 6.31. The number of sulfone groups is 1. The number of carbonyl (C=O) groups is 1. The van der Waals surface area contributed by atoms with Crippen molar-refractivity contribution in [1.29, 1.82) is 0 Å². The molecule has 0 spiro atoms. The van der Waals surface area contributed by atoms with E-state index in [1.165, 1.54) is 32.2 Å². The maximum atomic E-state index is 13.6. The molecule has 0 radical (unpaired) electrons. The number of ether oxygens (including phenoxy) is 1. The van der Waals surface area contributed by atoms with Crippen LogP contribution in [0, 0.1) is 5.82 Å². The lowest BCUT2D eigenvalue weighted by molar-refractivity contribution is -0.135. The molecule has 2 aliphatic rings. The van der Waals surface area contributed by atoms with E-state index in [0.717, 1.165) is 31.2 Å². The van der Waals surface area contributed by atoms with E-state index < -0.39 is 37.2 Å². The molecule has 3 N–H and O–H groups in total. The van der Waals surface area contributed by atoms with Crippen LogP contribution in [0.5, 0.6) is 5.75 Å². The Morgan fingerprint density at radius 2 is 1.78 bits per heavy atom.